The number of rotatable bonds is 13. The van der Waals surface area contributed by atoms with Gasteiger partial charge in [0.05, 0.1) is 36.9 Å². The highest BCUT2D eigenvalue weighted by Crippen LogP contribution is 2.25. The summed E-state index contributed by atoms with van der Waals surface area (Å²) in [6, 6.07) is 2.26. The molecule has 0 aliphatic heterocycles. The van der Waals surface area contributed by atoms with Crippen LogP contribution < -0.4 is 5.32 Å². The summed E-state index contributed by atoms with van der Waals surface area (Å²) in [7, 11) is 0. The zero-order valence-electron chi connectivity index (χ0n) is 15.7. The highest BCUT2D eigenvalue weighted by atomic mass is 16.5. The van der Waals surface area contributed by atoms with Crippen molar-refractivity contribution in [3.63, 3.8) is 0 Å². The van der Waals surface area contributed by atoms with Crippen LogP contribution in [-0.4, -0.2) is 43.7 Å². The number of hydrogen-bond acceptors (Lipinski definition) is 5. The molecule has 0 fully saturated rings. The van der Waals surface area contributed by atoms with Crippen LogP contribution in [-0.2, 0) is 19.1 Å². The fourth-order valence-corrected chi connectivity index (χ4v) is 2.18. The number of ketones is 1. The maximum absolute atomic E-state index is 11.7. The molecule has 0 aliphatic carbocycles. The average molecular weight is 340 g/mol. The SMILES string of the molecule is CCC(C)(C#N)CCC(=O)NCCOCCOC(C)(C)CC(C)=O. The van der Waals surface area contributed by atoms with Crippen LogP contribution in [0.4, 0.5) is 0 Å². The number of nitriles is 1. The molecule has 6 nitrogen and oxygen atoms in total. The molecule has 0 rings (SSSR count). The van der Waals surface area contributed by atoms with Gasteiger partial charge in [-0.3, -0.25) is 9.59 Å². The number of carbonyl (C=O) groups is 2. The highest BCUT2D eigenvalue weighted by molar-refractivity contribution is 5.76. The van der Waals surface area contributed by atoms with Gasteiger partial charge < -0.3 is 14.8 Å². The zero-order chi connectivity index (χ0) is 18.6. The number of nitrogens with one attached hydrogen (secondary N) is 1. The Bertz CT molecular complexity index is 443. The van der Waals surface area contributed by atoms with E-state index in [-0.39, 0.29) is 11.7 Å². The van der Waals surface area contributed by atoms with Gasteiger partial charge in [0.15, 0.2) is 0 Å². The molecule has 1 unspecified atom stereocenters. The van der Waals surface area contributed by atoms with Gasteiger partial charge in [-0.15, -0.1) is 0 Å². The van der Waals surface area contributed by atoms with E-state index in [2.05, 4.69) is 11.4 Å². The van der Waals surface area contributed by atoms with Crippen molar-refractivity contribution in [3.8, 4) is 6.07 Å². The molecule has 0 saturated carbocycles. The van der Waals surface area contributed by atoms with E-state index in [1.807, 2.05) is 27.7 Å². The molecule has 1 atom stereocenters. The summed E-state index contributed by atoms with van der Waals surface area (Å²) in [5, 5.41) is 11.8. The van der Waals surface area contributed by atoms with Gasteiger partial charge in [-0.1, -0.05) is 6.92 Å². The third kappa shape index (κ3) is 11.1. The van der Waals surface area contributed by atoms with E-state index in [9.17, 15) is 9.59 Å². The average Bonchev–Trinajstić information content (AvgIpc) is 2.50. The maximum Gasteiger partial charge on any atom is 0.220 e. The third-order valence-corrected chi connectivity index (χ3v) is 3.92. The first-order valence-electron chi connectivity index (χ1n) is 8.53. The molecule has 0 aromatic carbocycles. The Hall–Kier alpha value is -1.45. The molecule has 0 radical (unpaired) electrons. The summed E-state index contributed by atoms with van der Waals surface area (Å²) in [6.07, 6.45) is 2.02. The van der Waals surface area contributed by atoms with E-state index >= 15 is 0 Å². The van der Waals surface area contributed by atoms with Gasteiger partial charge in [-0.25, -0.2) is 0 Å². The van der Waals surface area contributed by atoms with Crippen molar-refractivity contribution in [1.29, 1.82) is 5.26 Å². The van der Waals surface area contributed by atoms with Crippen LogP contribution in [0.15, 0.2) is 0 Å². The Balaban J connectivity index is 3.68. The number of Topliss-reactive ketones (excluding diaryl/α,β-unsaturated/α-hetero) is 1. The van der Waals surface area contributed by atoms with Crippen molar-refractivity contribution in [2.24, 2.45) is 5.41 Å². The first kappa shape index (κ1) is 22.6. The maximum atomic E-state index is 11.7. The van der Waals surface area contributed by atoms with Crippen molar-refractivity contribution in [3.05, 3.63) is 0 Å². The molecule has 0 spiro atoms. The van der Waals surface area contributed by atoms with Crippen molar-refractivity contribution in [2.75, 3.05) is 26.4 Å². The molecular formula is C18H32N2O4. The molecule has 138 valence electrons. The smallest absolute Gasteiger partial charge is 0.220 e. The number of carbonyl (C=O) groups excluding carboxylic acids is 2. The van der Waals surface area contributed by atoms with Gasteiger partial charge in [0, 0.05) is 19.4 Å². The van der Waals surface area contributed by atoms with E-state index in [1.165, 1.54) is 0 Å². The summed E-state index contributed by atoms with van der Waals surface area (Å²) in [5.41, 5.74) is -0.909. The predicted octanol–water partition coefficient (Wildman–Crippen LogP) is 2.61. The second-order valence-corrected chi connectivity index (χ2v) is 6.98. The summed E-state index contributed by atoms with van der Waals surface area (Å²) < 4.78 is 11.0. The third-order valence-electron chi connectivity index (χ3n) is 3.92. The lowest BCUT2D eigenvalue weighted by atomic mass is 9.84. The highest BCUT2D eigenvalue weighted by Gasteiger charge is 2.22. The van der Waals surface area contributed by atoms with Gasteiger partial charge in [-0.05, 0) is 40.5 Å². The lowest BCUT2D eigenvalue weighted by molar-refractivity contribution is -0.124. The number of ether oxygens (including phenoxy) is 2. The van der Waals surface area contributed by atoms with Crippen LogP contribution in [0.5, 0.6) is 0 Å². The van der Waals surface area contributed by atoms with Gasteiger partial charge in [0.1, 0.15) is 5.78 Å². The topological polar surface area (TPSA) is 88.4 Å². The molecule has 0 heterocycles. The second-order valence-electron chi connectivity index (χ2n) is 6.98. The van der Waals surface area contributed by atoms with Crippen LogP contribution in [0.3, 0.4) is 0 Å². The van der Waals surface area contributed by atoms with Gasteiger partial charge in [-0.2, -0.15) is 5.26 Å². The first-order chi connectivity index (χ1) is 11.1. The lowest BCUT2D eigenvalue weighted by Crippen LogP contribution is -2.30. The molecule has 0 bridgehead atoms. The van der Waals surface area contributed by atoms with Crippen LogP contribution in [0.1, 0.15) is 60.3 Å². The Labute approximate surface area is 145 Å². The molecule has 24 heavy (non-hydrogen) atoms. The molecular weight excluding hydrogens is 308 g/mol. The van der Waals surface area contributed by atoms with Gasteiger partial charge >= 0.3 is 0 Å². The van der Waals surface area contributed by atoms with Crippen molar-refractivity contribution >= 4 is 11.7 Å². The molecule has 1 amide bonds. The monoisotopic (exact) mass is 340 g/mol. The van der Waals surface area contributed by atoms with Crippen LogP contribution in [0.2, 0.25) is 0 Å². The quantitative estimate of drug-likeness (QED) is 0.521. The number of nitrogens with zero attached hydrogens (tertiary/aromatic N) is 1. The Morgan fingerprint density at radius 3 is 2.38 bits per heavy atom. The Kier molecular flexibility index (Phi) is 10.5. The van der Waals surface area contributed by atoms with E-state index in [0.717, 1.165) is 6.42 Å². The molecule has 6 heteroatoms. The fraction of sp³-hybridized carbons (Fsp3) is 0.833. The summed E-state index contributed by atoms with van der Waals surface area (Å²) in [4.78, 5) is 22.8. The van der Waals surface area contributed by atoms with E-state index in [1.54, 1.807) is 6.92 Å². The largest absolute Gasteiger partial charge is 0.377 e. The predicted molar refractivity (Wildman–Crippen MR) is 92.4 cm³/mol. The normalized spacial score (nSPS) is 13.8. The Morgan fingerprint density at radius 2 is 1.83 bits per heavy atom. The number of amides is 1. The summed E-state index contributed by atoms with van der Waals surface area (Å²) in [5.74, 6) is 0.0339. The standard InChI is InChI=1S/C18H32N2O4/c1-6-18(5,14-19)8-7-16(22)20-9-10-23-11-12-24-17(3,4)13-15(2)21/h6-13H2,1-5H3,(H,20,22). The minimum Gasteiger partial charge on any atom is -0.377 e. The summed E-state index contributed by atoms with van der Waals surface area (Å²) >= 11 is 0. The molecule has 0 aromatic heterocycles. The molecule has 1 N–H and O–H groups in total. The molecule has 0 aliphatic rings. The van der Waals surface area contributed by atoms with Crippen molar-refractivity contribution < 1.29 is 19.1 Å². The van der Waals surface area contributed by atoms with E-state index in [0.29, 0.717) is 45.6 Å². The van der Waals surface area contributed by atoms with Crippen LogP contribution in [0, 0.1) is 16.7 Å². The van der Waals surface area contributed by atoms with Crippen molar-refractivity contribution in [2.45, 2.75) is 65.9 Å². The lowest BCUT2D eigenvalue weighted by Gasteiger charge is -2.23. The fourth-order valence-electron chi connectivity index (χ4n) is 2.18. The summed E-state index contributed by atoms with van der Waals surface area (Å²) in [6.45, 7) is 10.8. The van der Waals surface area contributed by atoms with E-state index < -0.39 is 11.0 Å². The molecule has 0 aromatic rings. The minimum atomic E-state index is -0.476. The second kappa shape index (κ2) is 11.2. The number of hydrogen-bond donors (Lipinski definition) is 1. The Morgan fingerprint density at radius 1 is 1.17 bits per heavy atom. The van der Waals surface area contributed by atoms with Crippen LogP contribution >= 0.6 is 0 Å². The molecule has 0 saturated heterocycles. The minimum absolute atomic E-state index is 0.0626. The first-order valence-corrected chi connectivity index (χ1v) is 8.53. The zero-order valence-corrected chi connectivity index (χ0v) is 15.7. The van der Waals surface area contributed by atoms with Gasteiger partial charge in [0.25, 0.3) is 0 Å². The van der Waals surface area contributed by atoms with Crippen molar-refractivity contribution in [1.82, 2.24) is 5.32 Å². The van der Waals surface area contributed by atoms with Crippen LogP contribution in [0.25, 0.3) is 0 Å². The van der Waals surface area contributed by atoms with E-state index in [4.69, 9.17) is 14.7 Å². The van der Waals surface area contributed by atoms with Gasteiger partial charge in [0.2, 0.25) is 5.91 Å².